The molecule has 0 aliphatic carbocycles. The molecule has 0 spiro atoms. The van der Waals surface area contributed by atoms with E-state index in [1.807, 2.05) is 30.6 Å². The average Bonchev–Trinajstić information content (AvgIpc) is 2.33. The van der Waals surface area contributed by atoms with Crippen LogP contribution < -0.4 is 0 Å². The number of aromatic nitrogens is 3. The van der Waals surface area contributed by atoms with E-state index >= 15 is 0 Å². The van der Waals surface area contributed by atoms with Gasteiger partial charge in [-0.3, -0.25) is 4.40 Å². The first-order valence-electron chi connectivity index (χ1n) is 3.54. The van der Waals surface area contributed by atoms with E-state index in [2.05, 4.69) is 9.97 Å². The predicted molar refractivity (Wildman–Crippen MR) is 42.5 cm³/mol. The van der Waals surface area contributed by atoms with Gasteiger partial charge in [0, 0.05) is 12.4 Å². The largest absolute Gasteiger partial charge is 0.288 e. The third kappa shape index (κ3) is 0.888. The van der Waals surface area contributed by atoms with Crippen molar-refractivity contribution in [3.05, 3.63) is 30.0 Å². The van der Waals surface area contributed by atoms with Gasteiger partial charge in [0.15, 0.2) is 5.65 Å². The maximum absolute atomic E-state index is 4.20. The quantitative estimate of drug-likeness (QED) is 0.563. The van der Waals surface area contributed by atoms with E-state index in [1.165, 1.54) is 0 Å². The summed E-state index contributed by atoms with van der Waals surface area (Å²) in [4.78, 5) is 8.34. The smallest absolute Gasteiger partial charge is 0.156 e. The highest BCUT2D eigenvalue weighted by atomic mass is 15.1. The number of hydrogen-bond donors (Lipinski definition) is 0. The summed E-state index contributed by atoms with van der Waals surface area (Å²) in [5.41, 5.74) is 2.06. The minimum absolute atomic E-state index is 0.910. The van der Waals surface area contributed by atoms with Crippen molar-refractivity contribution in [2.75, 3.05) is 0 Å². The van der Waals surface area contributed by atoms with Crippen molar-refractivity contribution in [1.29, 1.82) is 0 Å². The van der Waals surface area contributed by atoms with E-state index in [-0.39, 0.29) is 0 Å². The molecule has 0 amide bonds. The fourth-order valence-electron chi connectivity index (χ4n) is 1.10. The minimum atomic E-state index is 0.910. The van der Waals surface area contributed by atoms with Gasteiger partial charge in [0.2, 0.25) is 0 Å². The lowest BCUT2D eigenvalue weighted by atomic mass is 10.4. The second-order valence-corrected chi connectivity index (χ2v) is 2.66. The van der Waals surface area contributed by atoms with Crippen LogP contribution in [0.25, 0.3) is 5.65 Å². The van der Waals surface area contributed by atoms with Gasteiger partial charge in [-0.1, -0.05) is 0 Å². The Morgan fingerprint density at radius 1 is 1.18 bits per heavy atom. The lowest BCUT2D eigenvalue weighted by Crippen LogP contribution is -1.90. The second-order valence-electron chi connectivity index (χ2n) is 2.66. The van der Waals surface area contributed by atoms with Gasteiger partial charge in [0.05, 0.1) is 6.20 Å². The first kappa shape index (κ1) is 6.34. The van der Waals surface area contributed by atoms with E-state index in [1.54, 1.807) is 6.20 Å². The second kappa shape index (κ2) is 2.05. The Morgan fingerprint density at radius 2 is 2.00 bits per heavy atom. The van der Waals surface area contributed by atoms with Gasteiger partial charge < -0.3 is 0 Å². The molecule has 0 aliphatic heterocycles. The molecule has 0 radical (unpaired) electrons. The monoisotopic (exact) mass is 147 g/mol. The Kier molecular flexibility index (Phi) is 1.18. The molecule has 0 bridgehead atoms. The Bertz CT molecular complexity index is 389. The zero-order chi connectivity index (χ0) is 7.84. The first-order chi connectivity index (χ1) is 5.27. The fraction of sp³-hybridized carbons (Fsp3) is 0.250. The molecule has 0 saturated heterocycles. The molecule has 0 fully saturated rings. The summed E-state index contributed by atoms with van der Waals surface area (Å²) in [6.45, 7) is 3.99. The molecule has 2 heterocycles. The fourth-order valence-corrected chi connectivity index (χ4v) is 1.10. The van der Waals surface area contributed by atoms with Crippen LogP contribution in [0.15, 0.2) is 18.6 Å². The molecule has 0 N–H and O–H groups in total. The highest BCUT2D eigenvalue weighted by Crippen LogP contribution is 2.03. The third-order valence-electron chi connectivity index (χ3n) is 1.70. The van der Waals surface area contributed by atoms with Gasteiger partial charge in [-0.2, -0.15) is 0 Å². The number of fused-ring (bicyclic) bond motifs is 1. The molecule has 0 atom stereocenters. The molecule has 56 valence electrons. The summed E-state index contributed by atoms with van der Waals surface area (Å²) < 4.78 is 1.98. The Labute approximate surface area is 64.7 Å². The first-order valence-corrected chi connectivity index (χ1v) is 3.54. The highest BCUT2D eigenvalue weighted by Gasteiger charge is 1.97. The van der Waals surface area contributed by atoms with Gasteiger partial charge in [-0.05, 0) is 19.4 Å². The molecule has 3 heteroatoms. The molecule has 0 saturated carbocycles. The summed E-state index contributed by atoms with van der Waals surface area (Å²) in [6, 6.07) is 0. The maximum Gasteiger partial charge on any atom is 0.156 e. The summed E-state index contributed by atoms with van der Waals surface area (Å²) in [7, 11) is 0. The summed E-state index contributed by atoms with van der Waals surface area (Å²) in [5, 5.41) is 0. The van der Waals surface area contributed by atoms with Crippen molar-refractivity contribution in [2.45, 2.75) is 13.8 Å². The van der Waals surface area contributed by atoms with Crippen molar-refractivity contribution in [1.82, 2.24) is 14.4 Å². The number of nitrogens with zero attached hydrogens (tertiary/aromatic N) is 3. The Morgan fingerprint density at radius 3 is 2.82 bits per heavy atom. The highest BCUT2D eigenvalue weighted by molar-refractivity contribution is 5.36. The Balaban J connectivity index is 2.87. The number of hydrogen-bond acceptors (Lipinski definition) is 2. The van der Waals surface area contributed by atoms with Gasteiger partial charge in [0.1, 0.15) is 5.82 Å². The molecular formula is C8H9N3. The van der Waals surface area contributed by atoms with Gasteiger partial charge in [-0.15, -0.1) is 0 Å². The molecule has 0 unspecified atom stereocenters. The van der Waals surface area contributed by atoms with Crippen LogP contribution in [0, 0.1) is 13.8 Å². The van der Waals surface area contributed by atoms with E-state index in [0.717, 1.165) is 17.0 Å². The molecule has 3 nitrogen and oxygen atoms in total. The number of rotatable bonds is 0. The molecule has 2 rings (SSSR count). The molecule has 11 heavy (non-hydrogen) atoms. The van der Waals surface area contributed by atoms with Crippen molar-refractivity contribution < 1.29 is 0 Å². The predicted octanol–water partition coefficient (Wildman–Crippen LogP) is 1.35. The SMILES string of the molecule is Cc1cnc2cnc(C)n2c1. The summed E-state index contributed by atoms with van der Waals surface area (Å²) in [6.07, 6.45) is 5.65. The van der Waals surface area contributed by atoms with Crippen LogP contribution in [-0.2, 0) is 0 Å². The van der Waals surface area contributed by atoms with Crippen LogP contribution in [-0.4, -0.2) is 14.4 Å². The van der Waals surface area contributed by atoms with Gasteiger partial charge in [0.25, 0.3) is 0 Å². The lowest BCUT2D eigenvalue weighted by Gasteiger charge is -1.95. The van der Waals surface area contributed by atoms with Crippen LogP contribution in [0.1, 0.15) is 11.4 Å². The average molecular weight is 147 g/mol. The van der Waals surface area contributed by atoms with Gasteiger partial charge in [-0.25, -0.2) is 9.97 Å². The maximum atomic E-state index is 4.20. The van der Waals surface area contributed by atoms with Crippen LogP contribution >= 0.6 is 0 Å². The molecule has 0 aliphatic rings. The zero-order valence-corrected chi connectivity index (χ0v) is 6.57. The number of imidazole rings is 1. The van der Waals surface area contributed by atoms with Crippen molar-refractivity contribution in [3.63, 3.8) is 0 Å². The molecule has 2 aromatic rings. The third-order valence-corrected chi connectivity index (χ3v) is 1.70. The molecule has 0 aromatic carbocycles. The van der Waals surface area contributed by atoms with E-state index in [0.29, 0.717) is 0 Å². The van der Waals surface area contributed by atoms with Crippen molar-refractivity contribution in [3.8, 4) is 0 Å². The zero-order valence-electron chi connectivity index (χ0n) is 6.57. The molecule has 2 aromatic heterocycles. The van der Waals surface area contributed by atoms with Crippen molar-refractivity contribution in [2.24, 2.45) is 0 Å². The van der Waals surface area contributed by atoms with Crippen LogP contribution in [0.4, 0.5) is 0 Å². The summed E-state index contributed by atoms with van der Waals surface area (Å²) in [5.74, 6) is 0.983. The van der Waals surface area contributed by atoms with E-state index in [4.69, 9.17) is 0 Å². The van der Waals surface area contributed by atoms with E-state index in [9.17, 15) is 0 Å². The molecular weight excluding hydrogens is 138 g/mol. The van der Waals surface area contributed by atoms with Gasteiger partial charge >= 0.3 is 0 Å². The minimum Gasteiger partial charge on any atom is -0.288 e. The van der Waals surface area contributed by atoms with Crippen LogP contribution in [0.5, 0.6) is 0 Å². The Hall–Kier alpha value is -1.38. The van der Waals surface area contributed by atoms with Crippen molar-refractivity contribution >= 4 is 5.65 Å². The number of aryl methyl sites for hydroxylation is 2. The topological polar surface area (TPSA) is 30.2 Å². The summed E-state index contributed by atoms with van der Waals surface area (Å²) >= 11 is 0. The van der Waals surface area contributed by atoms with E-state index < -0.39 is 0 Å². The normalized spacial score (nSPS) is 10.7. The van der Waals surface area contributed by atoms with Crippen LogP contribution in [0.3, 0.4) is 0 Å². The standard InChI is InChI=1S/C8H9N3/c1-6-3-10-8-4-9-7(2)11(8)5-6/h3-5H,1-2H3. The van der Waals surface area contributed by atoms with Crippen LogP contribution in [0.2, 0.25) is 0 Å². The lowest BCUT2D eigenvalue weighted by molar-refractivity contribution is 1.01.